The van der Waals surface area contributed by atoms with Crippen LogP contribution >= 0.6 is 0 Å². The van der Waals surface area contributed by atoms with E-state index in [1.54, 1.807) is 24.3 Å². The normalized spacial score (nSPS) is 11.6. The summed E-state index contributed by atoms with van der Waals surface area (Å²) in [6.45, 7) is 1.63. The van der Waals surface area contributed by atoms with Crippen LogP contribution in [0, 0.1) is 5.82 Å². The van der Waals surface area contributed by atoms with Gasteiger partial charge in [0.25, 0.3) is 11.5 Å². The highest BCUT2D eigenvalue weighted by Gasteiger charge is 2.29. The quantitative estimate of drug-likeness (QED) is 0.395. The second-order valence-electron chi connectivity index (χ2n) is 8.19. The fourth-order valence-electron chi connectivity index (χ4n) is 3.78. The molecule has 0 aliphatic rings. The number of H-pyrrole nitrogens is 1. The molecule has 184 valence electrons. The van der Waals surface area contributed by atoms with Crippen molar-refractivity contribution in [2.45, 2.75) is 26.1 Å². The number of nitrogens with one attached hydrogen (secondary N) is 1. The van der Waals surface area contributed by atoms with Gasteiger partial charge in [-0.1, -0.05) is 60.7 Å². The number of benzene rings is 3. The Morgan fingerprint density at radius 3 is 2.17 bits per heavy atom. The molecule has 8 nitrogen and oxygen atoms in total. The number of nitrogen functional groups attached to an aromatic ring is 1. The summed E-state index contributed by atoms with van der Waals surface area (Å²) < 4.78 is 20.2. The average Bonchev–Trinajstić information content (AvgIpc) is 2.88. The number of nitrogens with two attached hydrogens (primary N) is 1. The minimum atomic E-state index is -1.05. The molecule has 0 radical (unpaired) electrons. The van der Waals surface area contributed by atoms with Gasteiger partial charge in [-0.2, -0.15) is 0 Å². The number of hydrogen-bond donors (Lipinski definition) is 2. The summed E-state index contributed by atoms with van der Waals surface area (Å²) in [7, 11) is 0. The van der Waals surface area contributed by atoms with Crippen molar-refractivity contribution in [3.8, 4) is 5.75 Å². The smallest absolute Gasteiger partial charge is 0.330 e. The first-order valence-corrected chi connectivity index (χ1v) is 11.3. The lowest BCUT2D eigenvalue weighted by molar-refractivity contribution is -0.124. The van der Waals surface area contributed by atoms with Crippen LogP contribution < -0.4 is 26.6 Å². The van der Waals surface area contributed by atoms with Gasteiger partial charge in [0, 0.05) is 0 Å². The van der Waals surface area contributed by atoms with Crippen LogP contribution in [0.25, 0.3) is 0 Å². The molecule has 1 amide bonds. The van der Waals surface area contributed by atoms with Gasteiger partial charge in [-0.25, -0.2) is 9.18 Å². The summed E-state index contributed by atoms with van der Waals surface area (Å²) in [6.07, 6.45) is -1.05. The van der Waals surface area contributed by atoms with Crippen molar-refractivity contribution in [1.29, 1.82) is 0 Å². The molecular formula is C27H25FN4O4. The van der Waals surface area contributed by atoms with Crippen LogP contribution in [-0.2, 0) is 17.9 Å². The topological polar surface area (TPSA) is 110 Å². The van der Waals surface area contributed by atoms with Gasteiger partial charge < -0.3 is 10.5 Å². The van der Waals surface area contributed by atoms with E-state index < -0.39 is 29.1 Å². The molecule has 3 N–H and O–H groups in total. The van der Waals surface area contributed by atoms with Crippen LogP contribution in [0.5, 0.6) is 5.75 Å². The Hall–Kier alpha value is -4.66. The van der Waals surface area contributed by atoms with E-state index in [9.17, 15) is 18.8 Å². The van der Waals surface area contributed by atoms with Crippen LogP contribution in [0.1, 0.15) is 18.1 Å². The highest BCUT2D eigenvalue weighted by molar-refractivity contribution is 5.98. The number of rotatable bonds is 8. The van der Waals surface area contributed by atoms with Crippen LogP contribution in [0.15, 0.2) is 94.5 Å². The number of carbonyl (C=O) groups excluding carboxylic acids is 1. The first-order chi connectivity index (χ1) is 17.3. The summed E-state index contributed by atoms with van der Waals surface area (Å²) in [5.74, 6) is -0.865. The molecule has 1 heterocycles. The summed E-state index contributed by atoms with van der Waals surface area (Å²) in [5.41, 5.74) is 6.25. The van der Waals surface area contributed by atoms with E-state index in [-0.39, 0.29) is 30.3 Å². The van der Waals surface area contributed by atoms with Crippen molar-refractivity contribution in [1.82, 2.24) is 9.55 Å². The van der Waals surface area contributed by atoms with Gasteiger partial charge in [0.05, 0.1) is 13.1 Å². The molecule has 1 aromatic heterocycles. The molecule has 4 rings (SSSR count). The monoisotopic (exact) mass is 488 g/mol. The van der Waals surface area contributed by atoms with Gasteiger partial charge in [-0.05, 0) is 42.3 Å². The molecule has 3 aromatic carbocycles. The largest absolute Gasteiger partial charge is 0.481 e. The second-order valence-corrected chi connectivity index (χ2v) is 8.19. The Kier molecular flexibility index (Phi) is 7.29. The number of hydrogen-bond acceptors (Lipinski definition) is 5. The second kappa shape index (κ2) is 10.7. The molecule has 0 bridgehead atoms. The number of anilines is 2. The first kappa shape index (κ1) is 24.5. The van der Waals surface area contributed by atoms with Crippen LogP contribution in [-0.4, -0.2) is 21.6 Å². The molecule has 36 heavy (non-hydrogen) atoms. The van der Waals surface area contributed by atoms with Crippen molar-refractivity contribution >= 4 is 17.4 Å². The van der Waals surface area contributed by atoms with E-state index in [4.69, 9.17) is 10.5 Å². The van der Waals surface area contributed by atoms with Gasteiger partial charge in [0.1, 0.15) is 17.4 Å². The Morgan fingerprint density at radius 2 is 1.56 bits per heavy atom. The van der Waals surface area contributed by atoms with E-state index >= 15 is 0 Å². The van der Waals surface area contributed by atoms with Crippen molar-refractivity contribution in [3.63, 3.8) is 0 Å². The van der Waals surface area contributed by atoms with Gasteiger partial charge in [-0.15, -0.1) is 0 Å². The number of halogens is 1. The van der Waals surface area contributed by atoms with Gasteiger partial charge >= 0.3 is 5.69 Å². The molecular weight excluding hydrogens is 463 g/mol. The van der Waals surface area contributed by atoms with E-state index in [0.717, 1.165) is 11.1 Å². The standard InChI is InChI=1S/C27H25FN4O4/c1-18(36-22-14-12-21(28)13-15-22)26(34)31(16-19-8-4-2-5-9-19)23-24(29)32(27(35)30-25(23)33)17-20-10-6-3-7-11-20/h2-15,18H,16-17,29H2,1H3,(H,30,33,35)/t18-/m1/s1. The van der Waals surface area contributed by atoms with Crippen LogP contribution in [0.3, 0.4) is 0 Å². The first-order valence-electron chi connectivity index (χ1n) is 11.3. The maximum Gasteiger partial charge on any atom is 0.330 e. The average molecular weight is 489 g/mol. The van der Waals surface area contributed by atoms with Gasteiger partial charge in [0.2, 0.25) is 0 Å². The van der Waals surface area contributed by atoms with E-state index in [2.05, 4.69) is 4.98 Å². The third kappa shape index (κ3) is 5.52. The Morgan fingerprint density at radius 1 is 0.972 bits per heavy atom. The molecule has 1 atom stereocenters. The van der Waals surface area contributed by atoms with Gasteiger partial charge in [0.15, 0.2) is 11.8 Å². The number of amides is 1. The highest BCUT2D eigenvalue weighted by Crippen LogP contribution is 2.23. The number of aromatic nitrogens is 2. The Bertz CT molecular complexity index is 1450. The molecule has 0 fully saturated rings. The fourth-order valence-corrected chi connectivity index (χ4v) is 3.78. The maximum absolute atomic E-state index is 13.6. The third-order valence-corrected chi connectivity index (χ3v) is 5.59. The van der Waals surface area contributed by atoms with Gasteiger partial charge in [-0.3, -0.25) is 24.0 Å². The minimum absolute atomic E-state index is 0.00755. The van der Waals surface area contributed by atoms with Crippen molar-refractivity contribution in [2.75, 3.05) is 10.6 Å². The minimum Gasteiger partial charge on any atom is -0.481 e. The third-order valence-electron chi connectivity index (χ3n) is 5.59. The molecule has 9 heteroatoms. The zero-order valence-corrected chi connectivity index (χ0v) is 19.6. The molecule has 0 aliphatic carbocycles. The molecule has 0 saturated carbocycles. The highest BCUT2D eigenvalue weighted by atomic mass is 19.1. The molecule has 0 saturated heterocycles. The predicted molar refractivity (Wildman–Crippen MR) is 135 cm³/mol. The van der Waals surface area contributed by atoms with Crippen LogP contribution in [0.4, 0.5) is 15.9 Å². The molecule has 4 aromatic rings. The van der Waals surface area contributed by atoms with E-state index in [1.165, 1.54) is 40.7 Å². The van der Waals surface area contributed by atoms with E-state index in [0.29, 0.717) is 0 Å². The summed E-state index contributed by atoms with van der Waals surface area (Å²) in [4.78, 5) is 42.7. The summed E-state index contributed by atoms with van der Waals surface area (Å²) >= 11 is 0. The maximum atomic E-state index is 13.6. The summed E-state index contributed by atoms with van der Waals surface area (Å²) in [5, 5.41) is 0. The van der Waals surface area contributed by atoms with Crippen molar-refractivity contribution < 1.29 is 13.9 Å². The number of ether oxygens (including phenoxy) is 1. The number of carbonyl (C=O) groups is 1. The lowest BCUT2D eigenvalue weighted by Gasteiger charge is -2.27. The van der Waals surface area contributed by atoms with Crippen molar-refractivity contribution in [3.05, 3.63) is 123 Å². The molecule has 0 unspecified atom stereocenters. The number of aromatic amines is 1. The zero-order chi connectivity index (χ0) is 25.7. The predicted octanol–water partition coefficient (Wildman–Crippen LogP) is 3.31. The van der Waals surface area contributed by atoms with Crippen molar-refractivity contribution in [2.24, 2.45) is 0 Å². The lowest BCUT2D eigenvalue weighted by Crippen LogP contribution is -2.45. The Labute approximate surface area is 206 Å². The van der Waals surface area contributed by atoms with Crippen LogP contribution in [0.2, 0.25) is 0 Å². The SMILES string of the molecule is C[C@@H](Oc1ccc(F)cc1)C(=O)N(Cc1ccccc1)c1c(N)n(Cc2ccccc2)c(=O)[nH]c1=O. The zero-order valence-electron chi connectivity index (χ0n) is 19.6. The van der Waals surface area contributed by atoms with E-state index in [1.807, 2.05) is 36.4 Å². The number of nitrogens with zero attached hydrogens (tertiary/aromatic N) is 2. The lowest BCUT2D eigenvalue weighted by atomic mass is 10.2. The molecule has 0 spiro atoms. The Balaban J connectivity index is 1.75. The summed E-state index contributed by atoms with van der Waals surface area (Å²) in [6, 6.07) is 23.4. The molecule has 0 aliphatic heterocycles. The fraction of sp³-hybridized carbons (Fsp3) is 0.148.